The van der Waals surface area contributed by atoms with Gasteiger partial charge >= 0.3 is 0 Å². The molecule has 0 radical (unpaired) electrons. The monoisotopic (exact) mass is 791 g/mol. The maximum atomic E-state index is 12.3. The average Bonchev–Trinajstić information content (AvgIpc) is 3.45. The van der Waals surface area contributed by atoms with Gasteiger partial charge in [0.2, 0.25) is 11.6 Å². The van der Waals surface area contributed by atoms with Gasteiger partial charge in [0.05, 0.1) is 15.2 Å². The van der Waals surface area contributed by atoms with Gasteiger partial charge in [0, 0.05) is 65.5 Å². The molecule has 0 aromatic heterocycles. The van der Waals surface area contributed by atoms with Crippen molar-refractivity contribution in [1.29, 1.82) is 0 Å². The van der Waals surface area contributed by atoms with E-state index in [1.165, 1.54) is 12.1 Å². The van der Waals surface area contributed by atoms with Crippen LogP contribution in [0.15, 0.2) is 98.5 Å². The molecule has 1 amide bonds. The smallest absolute Gasteiger partial charge is 0.294 e. The number of carbonyl (C=O) groups is 1. The van der Waals surface area contributed by atoms with Crippen LogP contribution in [-0.2, 0) is 35.9 Å². The Labute approximate surface area is 324 Å². The van der Waals surface area contributed by atoms with Crippen LogP contribution in [0, 0.1) is 0 Å². The zero-order chi connectivity index (χ0) is 40.2. The van der Waals surface area contributed by atoms with Crippen molar-refractivity contribution in [3.05, 3.63) is 105 Å². The van der Waals surface area contributed by atoms with Crippen molar-refractivity contribution in [2.45, 2.75) is 99.7 Å². The van der Waals surface area contributed by atoms with Gasteiger partial charge in [0.25, 0.3) is 20.2 Å². The fourth-order valence-corrected chi connectivity index (χ4v) is 8.80. The van der Waals surface area contributed by atoms with Gasteiger partial charge in [-0.2, -0.15) is 21.4 Å². The van der Waals surface area contributed by atoms with Gasteiger partial charge in [-0.1, -0.05) is 43.6 Å². The van der Waals surface area contributed by atoms with Gasteiger partial charge in [-0.15, -0.1) is 0 Å². The number of unbranched alkanes of at least 4 members (excludes halogenated alkanes) is 2. The Kier molecular flexibility index (Phi) is 12.6. The summed E-state index contributed by atoms with van der Waals surface area (Å²) < 4.78 is 69.4. The number of anilines is 1. The first-order valence-electron chi connectivity index (χ1n) is 18.6. The van der Waals surface area contributed by atoms with Crippen molar-refractivity contribution in [3.8, 4) is 0 Å². The first-order valence-corrected chi connectivity index (χ1v) is 21.4. The minimum atomic E-state index is -4.40. The zero-order valence-corrected chi connectivity index (χ0v) is 33.8. The lowest BCUT2D eigenvalue weighted by Gasteiger charge is -2.27. The number of hydrogen-bond acceptors (Lipinski definition) is 7. The van der Waals surface area contributed by atoms with E-state index in [2.05, 4.69) is 69.0 Å². The molecule has 3 aliphatic rings. The quantitative estimate of drug-likeness (QED) is 0.0406. The summed E-state index contributed by atoms with van der Waals surface area (Å²) in [5.74, 6) is -0.0368. The van der Waals surface area contributed by atoms with Crippen LogP contribution in [-0.4, -0.2) is 68.8 Å². The van der Waals surface area contributed by atoms with Crippen molar-refractivity contribution in [1.82, 2.24) is 5.32 Å². The second-order valence-electron chi connectivity index (χ2n) is 15.3. The highest BCUT2D eigenvalue weighted by molar-refractivity contribution is 7.86. The summed E-state index contributed by atoms with van der Waals surface area (Å²) >= 11 is 0. The van der Waals surface area contributed by atoms with Gasteiger partial charge < -0.3 is 10.2 Å². The van der Waals surface area contributed by atoms with E-state index in [0.29, 0.717) is 38.9 Å². The van der Waals surface area contributed by atoms with Crippen molar-refractivity contribution in [2.75, 3.05) is 31.6 Å². The third kappa shape index (κ3) is 9.47. The topological polar surface area (TPSA) is 193 Å². The molecular weight excluding hydrogens is 741 g/mol. The first-order chi connectivity index (χ1) is 25.9. The number of amides is 1. The van der Waals surface area contributed by atoms with Crippen LogP contribution in [0.5, 0.6) is 0 Å². The highest BCUT2D eigenvalue weighted by Crippen LogP contribution is 2.49. The highest BCUT2D eigenvalue weighted by Gasteiger charge is 2.44. The summed E-state index contributed by atoms with van der Waals surface area (Å²) in [7, 11) is -6.78. The lowest BCUT2D eigenvalue weighted by atomic mass is 9.81. The Balaban J connectivity index is 1.35. The predicted octanol–water partition coefficient (Wildman–Crippen LogP) is 7.84. The maximum Gasteiger partial charge on any atom is 0.294 e. The molecule has 0 saturated carbocycles. The fraction of sp³-hybridized carbons (Fsp3) is 0.450. The number of fused-ring (bicyclic) bond motifs is 2. The van der Waals surface area contributed by atoms with E-state index in [9.17, 15) is 30.7 Å². The maximum absolute atomic E-state index is 12.3. The van der Waals surface area contributed by atoms with Crippen molar-refractivity contribution < 1.29 is 35.3 Å². The second-order valence-corrected chi connectivity index (χ2v) is 18.2. The Hall–Kier alpha value is -4.53. The summed E-state index contributed by atoms with van der Waals surface area (Å²) in [5.41, 5.74) is 15.0. The van der Waals surface area contributed by atoms with E-state index in [-0.39, 0.29) is 15.7 Å². The van der Waals surface area contributed by atoms with E-state index < -0.39 is 31.1 Å². The van der Waals surface area contributed by atoms with E-state index in [4.69, 9.17) is 5.53 Å². The number of allylic oxidation sites excluding steroid dienone is 8. The van der Waals surface area contributed by atoms with Crippen LogP contribution >= 0.6 is 0 Å². The summed E-state index contributed by atoms with van der Waals surface area (Å²) in [6.07, 6.45) is 16.7. The number of nitrogens with one attached hydrogen (secondary N) is 1. The Morgan fingerprint density at radius 2 is 1.62 bits per heavy atom. The van der Waals surface area contributed by atoms with Crippen LogP contribution < -0.4 is 10.2 Å². The highest BCUT2D eigenvalue weighted by atomic mass is 32.2. The molecular formula is C40H51N6O7S2+. The SMILES string of the molecule is C[N+]1=C(C=CC2=CC(=CC=C3N(CCCCCC(=O)NCCCN=[N+]=[N-])c4ccc(S(=O)(=O)O)cc4C3(C)C)CCC2)C(C)(C)c2cc(S(=O)(=O)O)ccc21. The van der Waals surface area contributed by atoms with E-state index in [1.807, 2.05) is 20.9 Å². The number of hydrogen-bond donors (Lipinski definition) is 3. The molecule has 5 rings (SSSR count). The molecule has 1 aliphatic carbocycles. The number of azide groups is 1. The molecule has 2 aromatic rings. The van der Waals surface area contributed by atoms with Crippen molar-refractivity contribution >= 4 is 43.2 Å². The molecule has 55 heavy (non-hydrogen) atoms. The number of carbonyl (C=O) groups excluding carboxylic acids is 1. The normalized spacial score (nSPS) is 19.1. The average molecular weight is 792 g/mol. The first kappa shape index (κ1) is 41.6. The molecule has 13 nitrogen and oxygen atoms in total. The standard InChI is InChI=1S/C40H50N6O7S2/c1-39(2)32-26-30(54(48,49)50)16-18-34(32)45(5)36(39)20-14-28-11-9-12-29(25-28)15-21-37-40(3,4)33-27-31(55(51,52)53)17-19-35(33)46(37)24-8-6-7-13-38(47)42-22-10-23-43-44-41/h14-21,25-27H,6-13,22-24H2,1-5H3,(H2-,42,47,48,49,50,51,52,53)/p+1. The molecule has 0 unspecified atom stereocenters. The second kappa shape index (κ2) is 16.7. The van der Waals surface area contributed by atoms with Gasteiger partial charge in [-0.25, -0.2) is 0 Å². The van der Waals surface area contributed by atoms with Crippen LogP contribution in [0.4, 0.5) is 11.4 Å². The Morgan fingerprint density at radius 3 is 2.31 bits per heavy atom. The van der Waals surface area contributed by atoms with Crippen LogP contribution in [0.3, 0.4) is 0 Å². The lowest BCUT2D eigenvalue weighted by molar-refractivity contribution is -0.401. The predicted molar refractivity (Wildman–Crippen MR) is 214 cm³/mol. The minimum Gasteiger partial charge on any atom is -0.356 e. The van der Waals surface area contributed by atoms with Gasteiger partial charge in [0.1, 0.15) is 7.05 Å². The number of nitrogens with zero attached hydrogens (tertiary/aromatic N) is 5. The summed E-state index contributed by atoms with van der Waals surface area (Å²) in [6.45, 7) is 9.64. The molecule has 0 fully saturated rings. The summed E-state index contributed by atoms with van der Waals surface area (Å²) in [6, 6.07) is 9.43. The molecule has 2 aliphatic heterocycles. The van der Waals surface area contributed by atoms with Crippen molar-refractivity contribution in [2.24, 2.45) is 5.11 Å². The number of benzene rings is 2. The van der Waals surface area contributed by atoms with Gasteiger partial charge in [0.15, 0.2) is 5.71 Å². The van der Waals surface area contributed by atoms with E-state index >= 15 is 0 Å². The van der Waals surface area contributed by atoms with Crippen LogP contribution in [0.1, 0.15) is 90.2 Å². The van der Waals surface area contributed by atoms with E-state index in [0.717, 1.165) is 77.2 Å². The van der Waals surface area contributed by atoms with Crippen molar-refractivity contribution in [3.63, 3.8) is 0 Å². The molecule has 0 atom stereocenters. The van der Waals surface area contributed by atoms with Crippen LogP contribution in [0.2, 0.25) is 0 Å². The molecule has 0 bridgehead atoms. The third-order valence-corrected chi connectivity index (χ3v) is 12.5. The minimum absolute atomic E-state index is 0.0368. The summed E-state index contributed by atoms with van der Waals surface area (Å²) in [5, 5.41) is 6.33. The third-order valence-electron chi connectivity index (χ3n) is 10.8. The molecule has 15 heteroatoms. The largest absolute Gasteiger partial charge is 0.356 e. The summed E-state index contributed by atoms with van der Waals surface area (Å²) in [4.78, 5) is 16.9. The molecule has 0 spiro atoms. The Bertz CT molecular complexity index is 2280. The van der Waals surface area contributed by atoms with Crippen LogP contribution in [0.25, 0.3) is 10.4 Å². The molecule has 294 valence electrons. The lowest BCUT2D eigenvalue weighted by Crippen LogP contribution is -2.27. The fourth-order valence-electron chi connectivity index (χ4n) is 7.79. The molecule has 3 N–H and O–H groups in total. The zero-order valence-electron chi connectivity index (χ0n) is 32.1. The molecule has 2 heterocycles. The molecule has 2 aromatic carbocycles. The van der Waals surface area contributed by atoms with E-state index in [1.54, 1.807) is 24.3 Å². The Morgan fingerprint density at radius 1 is 0.927 bits per heavy atom. The van der Waals surface area contributed by atoms with Gasteiger partial charge in [-0.05, 0) is 111 Å². The van der Waals surface area contributed by atoms with Gasteiger partial charge in [-0.3, -0.25) is 13.9 Å². The number of rotatable bonds is 15. The molecule has 0 saturated heterocycles.